The summed E-state index contributed by atoms with van der Waals surface area (Å²) >= 11 is 0. The van der Waals surface area contributed by atoms with Crippen molar-refractivity contribution >= 4 is 5.91 Å². The fourth-order valence-electron chi connectivity index (χ4n) is 1.78. The van der Waals surface area contributed by atoms with Crippen LogP contribution in [0.4, 0.5) is 0 Å². The molecule has 0 saturated carbocycles. The summed E-state index contributed by atoms with van der Waals surface area (Å²) in [5.74, 6) is 1.78. The Labute approximate surface area is 109 Å². The second-order valence-electron chi connectivity index (χ2n) is 5.00. The maximum Gasteiger partial charge on any atom is 0.224 e. The van der Waals surface area contributed by atoms with E-state index in [9.17, 15) is 4.79 Å². The van der Waals surface area contributed by atoms with E-state index in [1.54, 1.807) is 0 Å². The molecule has 0 aliphatic carbocycles. The first-order chi connectivity index (χ1) is 8.43. The molecule has 0 spiro atoms. The van der Waals surface area contributed by atoms with Crippen LogP contribution in [0.3, 0.4) is 0 Å². The standard InChI is InChI=1S/C14H24N2O2/c1-5-12(15)8-14(17)16(10(2)3)9-13-7-6-11(4)18-13/h6-7,10,12H,5,8-9,15H2,1-4H3. The molecule has 4 heteroatoms. The van der Waals surface area contributed by atoms with Gasteiger partial charge in [-0.2, -0.15) is 0 Å². The first-order valence-electron chi connectivity index (χ1n) is 6.54. The number of nitrogens with zero attached hydrogens (tertiary/aromatic N) is 1. The summed E-state index contributed by atoms with van der Waals surface area (Å²) in [7, 11) is 0. The molecule has 1 atom stereocenters. The van der Waals surface area contributed by atoms with Crippen LogP contribution in [0.1, 0.15) is 45.1 Å². The van der Waals surface area contributed by atoms with Gasteiger partial charge in [0.1, 0.15) is 11.5 Å². The summed E-state index contributed by atoms with van der Waals surface area (Å²) in [6.07, 6.45) is 1.21. The molecule has 0 radical (unpaired) electrons. The Morgan fingerprint density at radius 3 is 2.56 bits per heavy atom. The van der Waals surface area contributed by atoms with E-state index in [2.05, 4.69) is 0 Å². The van der Waals surface area contributed by atoms with Gasteiger partial charge in [0.25, 0.3) is 0 Å². The smallest absolute Gasteiger partial charge is 0.224 e. The quantitative estimate of drug-likeness (QED) is 0.846. The van der Waals surface area contributed by atoms with Crippen molar-refractivity contribution in [3.63, 3.8) is 0 Å². The van der Waals surface area contributed by atoms with Gasteiger partial charge in [-0.05, 0) is 39.3 Å². The van der Waals surface area contributed by atoms with E-state index < -0.39 is 0 Å². The van der Waals surface area contributed by atoms with Crippen LogP contribution in [-0.2, 0) is 11.3 Å². The highest BCUT2D eigenvalue weighted by atomic mass is 16.3. The second kappa shape index (κ2) is 6.59. The summed E-state index contributed by atoms with van der Waals surface area (Å²) < 4.78 is 5.52. The van der Waals surface area contributed by atoms with Gasteiger partial charge in [-0.15, -0.1) is 0 Å². The number of carbonyl (C=O) groups excluding carboxylic acids is 1. The van der Waals surface area contributed by atoms with E-state index in [0.717, 1.165) is 17.9 Å². The number of aryl methyl sites for hydroxylation is 1. The van der Waals surface area contributed by atoms with E-state index >= 15 is 0 Å². The van der Waals surface area contributed by atoms with Gasteiger partial charge in [-0.25, -0.2) is 0 Å². The Morgan fingerprint density at radius 2 is 2.11 bits per heavy atom. The van der Waals surface area contributed by atoms with Gasteiger partial charge in [0, 0.05) is 18.5 Å². The van der Waals surface area contributed by atoms with Crippen molar-refractivity contribution in [1.29, 1.82) is 0 Å². The third-order valence-corrected chi connectivity index (χ3v) is 3.03. The molecule has 0 aromatic carbocycles. The molecule has 0 aliphatic heterocycles. The Bertz CT molecular complexity index is 385. The van der Waals surface area contributed by atoms with Crippen LogP contribution < -0.4 is 5.73 Å². The average molecular weight is 252 g/mol. The number of hydrogen-bond donors (Lipinski definition) is 1. The summed E-state index contributed by atoms with van der Waals surface area (Å²) in [6, 6.07) is 3.91. The third-order valence-electron chi connectivity index (χ3n) is 3.03. The highest BCUT2D eigenvalue weighted by Gasteiger charge is 2.20. The molecule has 1 aromatic rings. The monoisotopic (exact) mass is 252 g/mol. The molecular formula is C14H24N2O2. The van der Waals surface area contributed by atoms with Gasteiger partial charge in [0.15, 0.2) is 0 Å². The van der Waals surface area contributed by atoms with Crippen LogP contribution in [0, 0.1) is 6.92 Å². The lowest BCUT2D eigenvalue weighted by molar-refractivity contribution is -0.134. The Morgan fingerprint density at radius 1 is 1.44 bits per heavy atom. The molecule has 1 rings (SSSR count). The number of hydrogen-bond acceptors (Lipinski definition) is 3. The minimum Gasteiger partial charge on any atom is -0.464 e. The highest BCUT2D eigenvalue weighted by Crippen LogP contribution is 2.13. The molecule has 1 unspecified atom stereocenters. The van der Waals surface area contributed by atoms with E-state index in [1.807, 2.05) is 44.7 Å². The van der Waals surface area contributed by atoms with Crippen molar-refractivity contribution in [3.05, 3.63) is 23.7 Å². The third kappa shape index (κ3) is 4.18. The number of carbonyl (C=O) groups is 1. The van der Waals surface area contributed by atoms with Gasteiger partial charge in [0.05, 0.1) is 6.54 Å². The number of nitrogens with two attached hydrogens (primary N) is 1. The summed E-state index contributed by atoms with van der Waals surface area (Å²) in [5, 5.41) is 0. The topological polar surface area (TPSA) is 59.5 Å². The SMILES string of the molecule is CCC(N)CC(=O)N(Cc1ccc(C)o1)C(C)C. The first-order valence-corrected chi connectivity index (χ1v) is 6.54. The van der Waals surface area contributed by atoms with E-state index in [0.29, 0.717) is 13.0 Å². The lowest BCUT2D eigenvalue weighted by Gasteiger charge is -2.27. The number of rotatable bonds is 6. The van der Waals surface area contributed by atoms with Crippen LogP contribution in [0.15, 0.2) is 16.5 Å². The van der Waals surface area contributed by atoms with Gasteiger partial charge < -0.3 is 15.1 Å². The van der Waals surface area contributed by atoms with Gasteiger partial charge in [-0.1, -0.05) is 6.92 Å². The van der Waals surface area contributed by atoms with Crippen molar-refractivity contribution in [1.82, 2.24) is 4.90 Å². The fraction of sp³-hybridized carbons (Fsp3) is 0.643. The molecule has 0 bridgehead atoms. The van der Waals surface area contributed by atoms with Gasteiger partial charge in [0.2, 0.25) is 5.91 Å². The molecule has 0 fully saturated rings. The van der Waals surface area contributed by atoms with Crippen molar-refractivity contribution in [2.24, 2.45) is 5.73 Å². The zero-order valence-corrected chi connectivity index (χ0v) is 11.8. The lowest BCUT2D eigenvalue weighted by atomic mass is 10.1. The van der Waals surface area contributed by atoms with Crippen LogP contribution in [0.25, 0.3) is 0 Å². The van der Waals surface area contributed by atoms with Crippen LogP contribution >= 0.6 is 0 Å². The molecule has 1 amide bonds. The minimum absolute atomic E-state index is 0.0583. The lowest BCUT2D eigenvalue weighted by Crippen LogP contribution is -2.39. The number of furan rings is 1. The van der Waals surface area contributed by atoms with Crippen molar-refractivity contribution < 1.29 is 9.21 Å². The molecule has 2 N–H and O–H groups in total. The van der Waals surface area contributed by atoms with Gasteiger partial charge >= 0.3 is 0 Å². The summed E-state index contributed by atoms with van der Waals surface area (Å²) in [4.78, 5) is 14.0. The maximum atomic E-state index is 12.2. The molecule has 1 aromatic heterocycles. The predicted molar refractivity (Wildman–Crippen MR) is 72.0 cm³/mol. The molecule has 4 nitrogen and oxygen atoms in total. The second-order valence-corrected chi connectivity index (χ2v) is 5.00. The predicted octanol–water partition coefficient (Wildman–Crippen LogP) is 2.45. The normalized spacial score (nSPS) is 12.8. The zero-order chi connectivity index (χ0) is 13.7. The largest absolute Gasteiger partial charge is 0.464 e. The zero-order valence-electron chi connectivity index (χ0n) is 11.8. The average Bonchev–Trinajstić information content (AvgIpc) is 2.71. The number of amides is 1. The van der Waals surface area contributed by atoms with E-state index in [1.165, 1.54) is 0 Å². The Hall–Kier alpha value is -1.29. The van der Waals surface area contributed by atoms with Crippen LogP contribution in [-0.4, -0.2) is 22.9 Å². The fourth-order valence-corrected chi connectivity index (χ4v) is 1.78. The van der Waals surface area contributed by atoms with Crippen LogP contribution in [0.2, 0.25) is 0 Å². The van der Waals surface area contributed by atoms with Crippen molar-refractivity contribution in [2.75, 3.05) is 0 Å². The summed E-state index contributed by atoms with van der Waals surface area (Å²) in [6.45, 7) is 8.42. The molecule has 0 saturated heterocycles. The van der Waals surface area contributed by atoms with E-state index in [4.69, 9.17) is 10.2 Å². The summed E-state index contributed by atoms with van der Waals surface area (Å²) in [5.41, 5.74) is 5.84. The Kier molecular flexibility index (Phi) is 5.41. The molecule has 1 heterocycles. The Balaban J connectivity index is 2.68. The van der Waals surface area contributed by atoms with Crippen molar-refractivity contribution in [3.8, 4) is 0 Å². The molecule has 0 aliphatic rings. The maximum absolute atomic E-state index is 12.2. The molecule has 18 heavy (non-hydrogen) atoms. The first kappa shape index (κ1) is 14.8. The highest BCUT2D eigenvalue weighted by molar-refractivity contribution is 5.77. The van der Waals surface area contributed by atoms with Crippen LogP contribution in [0.5, 0.6) is 0 Å². The molecule has 102 valence electrons. The van der Waals surface area contributed by atoms with Crippen molar-refractivity contribution in [2.45, 2.75) is 59.2 Å². The van der Waals surface area contributed by atoms with E-state index in [-0.39, 0.29) is 18.0 Å². The minimum atomic E-state index is -0.0583. The molecular weight excluding hydrogens is 228 g/mol. The van der Waals surface area contributed by atoms with Gasteiger partial charge in [-0.3, -0.25) is 4.79 Å².